The molecule has 2 aromatic rings. The first-order chi connectivity index (χ1) is 14.4. The molecule has 3 rings (SSSR count). The van der Waals surface area contributed by atoms with Gasteiger partial charge in [0.2, 0.25) is 10.0 Å². The second-order valence-electron chi connectivity index (χ2n) is 6.54. The monoisotopic (exact) mass is 433 g/mol. The molecule has 0 amide bonds. The number of esters is 1. The smallest absolute Gasteiger partial charge is 0.331 e. The van der Waals surface area contributed by atoms with Crippen molar-refractivity contribution in [2.75, 3.05) is 33.4 Å². The summed E-state index contributed by atoms with van der Waals surface area (Å²) < 4.78 is 42.3. The van der Waals surface area contributed by atoms with Gasteiger partial charge in [-0.1, -0.05) is 18.2 Å². The van der Waals surface area contributed by atoms with Crippen LogP contribution in [-0.4, -0.2) is 57.2 Å². The van der Waals surface area contributed by atoms with Gasteiger partial charge in [0.15, 0.2) is 11.5 Å². The maximum atomic E-state index is 12.7. The van der Waals surface area contributed by atoms with E-state index in [0.29, 0.717) is 43.2 Å². The molecule has 0 bridgehead atoms. The standard InChI is InChI=1S/C21H23NO7S/c1-27-20-14-16(5-7-19(20)23)6-8-21(24)29-15-17-3-2-4-18(13-17)30(25,26)22-9-11-28-12-10-22/h2-8,13-14,23H,9-12,15H2,1H3/b8-6+. The number of benzene rings is 2. The number of methoxy groups -OCH3 is 1. The van der Waals surface area contributed by atoms with Gasteiger partial charge >= 0.3 is 5.97 Å². The van der Waals surface area contributed by atoms with Crippen LogP contribution in [0.5, 0.6) is 11.5 Å². The summed E-state index contributed by atoms with van der Waals surface area (Å²) in [4.78, 5) is 12.2. The van der Waals surface area contributed by atoms with E-state index in [0.717, 1.165) is 0 Å². The highest BCUT2D eigenvalue weighted by Gasteiger charge is 2.26. The Balaban J connectivity index is 1.62. The number of ether oxygens (including phenoxy) is 3. The van der Waals surface area contributed by atoms with Gasteiger partial charge < -0.3 is 19.3 Å². The molecule has 0 aliphatic carbocycles. The number of phenols is 1. The van der Waals surface area contributed by atoms with E-state index < -0.39 is 16.0 Å². The minimum absolute atomic E-state index is 0.00383. The molecule has 8 nitrogen and oxygen atoms in total. The third-order valence-electron chi connectivity index (χ3n) is 4.50. The first kappa shape index (κ1) is 21.8. The van der Waals surface area contributed by atoms with E-state index in [2.05, 4.69) is 0 Å². The molecule has 0 atom stereocenters. The number of carbonyl (C=O) groups excluding carboxylic acids is 1. The number of nitrogens with zero attached hydrogens (tertiary/aromatic N) is 1. The van der Waals surface area contributed by atoms with Gasteiger partial charge in [-0.2, -0.15) is 4.31 Å². The van der Waals surface area contributed by atoms with Gasteiger partial charge in [0, 0.05) is 19.2 Å². The molecule has 1 N–H and O–H groups in total. The molecule has 1 fully saturated rings. The predicted octanol–water partition coefficient (Wildman–Crippen LogP) is 2.18. The lowest BCUT2D eigenvalue weighted by Gasteiger charge is -2.26. The number of rotatable bonds is 7. The average Bonchev–Trinajstić information content (AvgIpc) is 2.78. The first-order valence-electron chi connectivity index (χ1n) is 9.29. The van der Waals surface area contributed by atoms with Crippen molar-refractivity contribution in [2.24, 2.45) is 0 Å². The fraction of sp³-hybridized carbons (Fsp3) is 0.286. The van der Waals surface area contributed by atoms with Crippen molar-refractivity contribution in [3.63, 3.8) is 0 Å². The third-order valence-corrected chi connectivity index (χ3v) is 6.40. The van der Waals surface area contributed by atoms with Crippen LogP contribution in [0.15, 0.2) is 53.4 Å². The Hall–Kier alpha value is -2.88. The Morgan fingerprint density at radius 1 is 1.20 bits per heavy atom. The molecule has 160 valence electrons. The lowest BCUT2D eigenvalue weighted by atomic mass is 10.2. The number of hydrogen-bond acceptors (Lipinski definition) is 7. The average molecular weight is 433 g/mol. The maximum absolute atomic E-state index is 12.7. The molecule has 1 aliphatic heterocycles. The first-order valence-corrected chi connectivity index (χ1v) is 10.7. The highest BCUT2D eigenvalue weighted by molar-refractivity contribution is 7.89. The number of carbonyl (C=O) groups is 1. The number of aromatic hydroxyl groups is 1. The van der Waals surface area contributed by atoms with Crippen molar-refractivity contribution in [2.45, 2.75) is 11.5 Å². The predicted molar refractivity (Wildman–Crippen MR) is 110 cm³/mol. The molecular weight excluding hydrogens is 410 g/mol. The SMILES string of the molecule is COc1cc(/C=C/C(=O)OCc2cccc(S(=O)(=O)N3CCOCC3)c2)ccc1O. The summed E-state index contributed by atoms with van der Waals surface area (Å²) in [5.74, 6) is -0.281. The normalized spacial score (nSPS) is 15.2. The van der Waals surface area contributed by atoms with Crippen LogP contribution in [-0.2, 0) is 30.9 Å². The summed E-state index contributed by atoms with van der Waals surface area (Å²) in [5.41, 5.74) is 1.22. The zero-order valence-corrected chi connectivity index (χ0v) is 17.3. The lowest BCUT2D eigenvalue weighted by Crippen LogP contribution is -2.40. The fourth-order valence-corrected chi connectivity index (χ4v) is 4.38. The molecule has 9 heteroatoms. The van der Waals surface area contributed by atoms with Crippen molar-refractivity contribution in [1.29, 1.82) is 0 Å². The third kappa shape index (κ3) is 5.38. The molecule has 0 radical (unpaired) electrons. The van der Waals surface area contributed by atoms with Gasteiger partial charge in [-0.05, 0) is 41.5 Å². The maximum Gasteiger partial charge on any atom is 0.331 e. The van der Waals surface area contributed by atoms with Crippen LogP contribution >= 0.6 is 0 Å². The quantitative estimate of drug-likeness (QED) is 0.527. The Morgan fingerprint density at radius 2 is 1.97 bits per heavy atom. The van der Waals surface area contributed by atoms with Crippen molar-refractivity contribution in [3.05, 3.63) is 59.7 Å². The van der Waals surface area contributed by atoms with Crippen LogP contribution in [0.4, 0.5) is 0 Å². The van der Waals surface area contributed by atoms with Crippen LogP contribution in [0.25, 0.3) is 6.08 Å². The lowest BCUT2D eigenvalue weighted by molar-refractivity contribution is -0.138. The molecule has 30 heavy (non-hydrogen) atoms. The van der Waals surface area contributed by atoms with E-state index in [-0.39, 0.29) is 17.3 Å². The molecule has 0 aromatic heterocycles. The van der Waals surface area contributed by atoms with E-state index in [1.807, 2.05) is 0 Å². The molecule has 0 unspecified atom stereocenters. The Bertz CT molecular complexity index is 1030. The summed E-state index contributed by atoms with van der Waals surface area (Å²) in [5, 5.41) is 9.59. The molecular formula is C21H23NO7S. The number of phenolic OH excluding ortho intramolecular Hbond substituents is 1. The van der Waals surface area contributed by atoms with Crippen LogP contribution < -0.4 is 4.74 Å². The zero-order valence-electron chi connectivity index (χ0n) is 16.5. The molecule has 1 heterocycles. The van der Waals surface area contributed by atoms with Crippen molar-refractivity contribution >= 4 is 22.1 Å². The minimum atomic E-state index is -3.61. The van der Waals surface area contributed by atoms with E-state index >= 15 is 0 Å². The summed E-state index contributed by atoms with van der Waals surface area (Å²) in [6.07, 6.45) is 2.78. The second kappa shape index (κ2) is 9.75. The van der Waals surface area contributed by atoms with Crippen LogP contribution in [0.2, 0.25) is 0 Å². The number of morpholine rings is 1. The van der Waals surface area contributed by atoms with E-state index in [1.165, 1.54) is 41.8 Å². The van der Waals surface area contributed by atoms with Gasteiger partial charge in [0.25, 0.3) is 0 Å². The van der Waals surface area contributed by atoms with E-state index in [4.69, 9.17) is 14.2 Å². The van der Waals surface area contributed by atoms with E-state index in [1.54, 1.807) is 24.3 Å². The number of sulfonamides is 1. The van der Waals surface area contributed by atoms with Gasteiger partial charge in [-0.25, -0.2) is 13.2 Å². The molecule has 0 spiro atoms. The van der Waals surface area contributed by atoms with Crippen LogP contribution in [0.1, 0.15) is 11.1 Å². The largest absolute Gasteiger partial charge is 0.504 e. The van der Waals surface area contributed by atoms with Gasteiger partial charge in [0.1, 0.15) is 6.61 Å². The summed E-state index contributed by atoms with van der Waals surface area (Å²) in [6, 6.07) is 11.0. The van der Waals surface area contributed by atoms with Crippen molar-refractivity contribution in [3.8, 4) is 11.5 Å². The van der Waals surface area contributed by atoms with Crippen molar-refractivity contribution in [1.82, 2.24) is 4.31 Å². The second-order valence-corrected chi connectivity index (χ2v) is 8.47. The number of hydrogen-bond donors (Lipinski definition) is 1. The minimum Gasteiger partial charge on any atom is -0.504 e. The van der Waals surface area contributed by atoms with Crippen molar-refractivity contribution < 1.29 is 32.5 Å². The topological polar surface area (TPSA) is 102 Å². The summed E-state index contributed by atoms with van der Waals surface area (Å²) in [6.45, 7) is 1.31. The summed E-state index contributed by atoms with van der Waals surface area (Å²) >= 11 is 0. The fourth-order valence-electron chi connectivity index (χ4n) is 2.90. The Kier molecular flexibility index (Phi) is 7.09. The Morgan fingerprint density at radius 3 is 2.70 bits per heavy atom. The van der Waals surface area contributed by atoms with Crippen LogP contribution in [0.3, 0.4) is 0 Å². The highest BCUT2D eigenvalue weighted by Crippen LogP contribution is 2.26. The molecule has 0 saturated carbocycles. The van der Waals surface area contributed by atoms with Gasteiger partial charge in [-0.15, -0.1) is 0 Å². The van der Waals surface area contributed by atoms with E-state index in [9.17, 15) is 18.3 Å². The molecule has 1 saturated heterocycles. The van der Waals surface area contributed by atoms with Gasteiger partial charge in [0.05, 0.1) is 25.2 Å². The van der Waals surface area contributed by atoms with Gasteiger partial charge in [-0.3, -0.25) is 0 Å². The van der Waals surface area contributed by atoms with Crippen LogP contribution in [0, 0.1) is 0 Å². The Labute approximate surface area is 175 Å². The zero-order chi connectivity index (χ0) is 21.6. The summed E-state index contributed by atoms with van der Waals surface area (Å²) in [7, 11) is -2.18. The highest BCUT2D eigenvalue weighted by atomic mass is 32.2. The molecule has 2 aromatic carbocycles. The molecule has 1 aliphatic rings.